The van der Waals surface area contributed by atoms with E-state index in [1.165, 1.54) is 12.3 Å². The number of nitrogens with zero attached hydrogens (tertiary/aromatic N) is 3. The molecule has 176 valence electrons. The molecule has 2 heterocycles. The Morgan fingerprint density at radius 3 is 2.65 bits per heavy atom. The lowest BCUT2D eigenvalue weighted by Gasteiger charge is -2.17. The minimum atomic E-state index is -0.721. The fraction of sp³-hybridized carbons (Fsp3) is 0.217. The second-order valence-electron chi connectivity index (χ2n) is 7.71. The number of hydrogen-bond acceptors (Lipinski definition) is 6. The van der Waals surface area contributed by atoms with Gasteiger partial charge in [-0.3, -0.25) is 4.79 Å². The third-order valence-electron chi connectivity index (χ3n) is 5.32. The smallest absolute Gasteiger partial charge is 0.321 e. The third-order valence-corrected chi connectivity index (χ3v) is 5.65. The highest BCUT2D eigenvalue weighted by molar-refractivity contribution is 6.33. The summed E-state index contributed by atoms with van der Waals surface area (Å²) in [4.78, 5) is 34.4. The Kier molecular flexibility index (Phi) is 7.07. The fourth-order valence-corrected chi connectivity index (χ4v) is 3.69. The number of halogens is 2. The van der Waals surface area contributed by atoms with Crippen molar-refractivity contribution in [3.63, 3.8) is 0 Å². The number of likely N-dealkylation sites (tertiary alicyclic amines) is 1. The Hall–Kier alpha value is -3.92. The molecule has 34 heavy (non-hydrogen) atoms. The molecule has 0 atom stereocenters. The van der Waals surface area contributed by atoms with Crippen LogP contribution in [0.4, 0.5) is 32.3 Å². The molecule has 9 nitrogen and oxygen atoms in total. The summed E-state index contributed by atoms with van der Waals surface area (Å²) in [6.07, 6.45) is 3.25. The normalized spacial score (nSPS) is 12.9. The Labute approximate surface area is 200 Å². The van der Waals surface area contributed by atoms with Crippen molar-refractivity contribution in [1.82, 2.24) is 14.9 Å². The van der Waals surface area contributed by atoms with Crippen molar-refractivity contribution in [2.45, 2.75) is 19.4 Å². The summed E-state index contributed by atoms with van der Waals surface area (Å²) in [6.45, 7) is 1.52. The van der Waals surface area contributed by atoms with Crippen LogP contribution in [-0.2, 0) is 6.54 Å². The summed E-state index contributed by atoms with van der Waals surface area (Å²) in [6, 6.07) is 11.1. The highest BCUT2D eigenvalue weighted by Gasteiger charge is 2.19. The van der Waals surface area contributed by atoms with Crippen molar-refractivity contribution < 1.29 is 14.0 Å². The quantitative estimate of drug-likeness (QED) is 0.396. The predicted molar refractivity (Wildman–Crippen MR) is 129 cm³/mol. The Balaban J connectivity index is 1.52. The minimum absolute atomic E-state index is 0.0663. The van der Waals surface area contributed by atoms with Crippen LogP contribution >= 0.6 is 11.6 Å². The van der Waals surface area contributed by atoms with E-state index in [4.69, 9.17) is 17.3 Å². The Morgan fingerprint density at radius 2 is 1.91 bits per heavy atom. The number of hydrogen-bond donors (Lipinski definition) is 4. The predicted octanol–water partition coefficient (Wildman–Crippen LogP) is 4.35. The van der Waals surface area contributed by atoms with Gasteiger partial charge in [0.05, 0.1) is 16.3 Å². The third kappa shape index (κ3) is 5.52. The molecule has 0 radical (unpaired) electrons. The zero-order valence-electron chi connectivity index (χ0n) is 18.1. The van der Waals surface area contributed by atoms with Gasteiger partial charge in [-0.05, 0) is 37.1 Å². The highest BCUT2D eigenvalue weighted by atomic mass is 35.5. The lowest BCUT2D eigenvalue weighted by molar-refractivity contribution is 0.100. The monoisotopic (exact) mass is 483 g/mol. The molecule has 5 N–H and O–H groups in total. The molecule has 0 spiro atoms. The molecule has 0 bridgehead atoms. The van der Waals surface area contributed by atoms with Gasteiger partial charge in [0.25, 0.3) is 5.91 Å². The number of amides is 3. The van der Waals surface area contributed by atoms with E-state index in [2.05, 4.69) is 25.9 Å². The lowest BCUT2D eigenvalue weighted by atomic mass is 10.2. The van der Waals surface area contributed by atoms with Gasteiger partial charge in [0.15, 0.2) is 0 Å². The summed E-state index contributed by atoms with van der Waals surface area (Å²) in [7, 11) is 0. The molecular formula is C23H23ClFN7O2. The van der Waals surface area contributed by atoms with Crippen LogP contribution in [0, 0.1) is 5.82 Å². The number of urea groups is 1. The first-order valence-corrected chi connectivity index (χ1v) is 11.0. The van der Waals surface area contributed by atoms with E-state index in [1.54, 1.807) is 41.3 Å². The molecule has 0 aliphatic carbocycles. The second kappa shape index (κ2) is 10.3. The second-order valence-corrected chi connectivity index (χ2v) is 8.12. The summed E-state index contributed by atoms with van der Waals surface area (Å²) >= 11 is 6.26. The van der Waals surface area contributed by atoms with Gasteiger partial charge >= 0.3 is 6.03 Å². The van der Waals surface area contributed by atoms with Crippen LogP contribution in [0.5, 0.6) is 0 Å². The number of carbonyl (C=O) groups excluding carboxylic acids is 2. The first-order chi connectivity index (χ1) is 16.4. The minimum Gasteiger partial charge on any atom is -0.365 e. The van der Waals surface area contributed by atoms with Gasteiger partial charge in [-0.15, -0.1) is 0 Å². The molecule has 4 rings (SSSR count). The van der Waals surface area contributed by atoms with Crippen molar-refractivity contribution in [1.29, 1.82) is 0 Å². The molecule has 3 aromatic rings. The first-order valence-electron chi connectivity index (χ1n) is 10.7. The first kappa shape index (κ1) is 23.2. The average molecular weight is 484 g/mol. The topological polar surface area (TPSA) is 125 Å². The molecule has 0 saturated carbocycles. The van der Waals surface area contributed by atoms with Crippen LogP contribution in [0.15, 0.2) is 48.7 Å². The fourth-order valence-electron chi connectivity index (χ4n) is 3.52. The number of aromatic nitrogens is 2. The van der Waals surface area contributed by atoms with E-state index in [9.17, 15) is 14.0 Å². The van der Waals surface area contributed by atoms with Crippen LogP contribution in [-0.4, -0.2) is 39.9 Å². The van der Waals surface area contributed by atoms with Gasteiger partial charge in [0, 0.05) is 37.1 Å². The number of carbonyl (C=O) groups is 2. The van der Waals surface area contributed by atoms with Gasteiger partial charge < -0.3 is 26.6 Å². The summed E-state index contributed by atoms with van der Waals surface area (Å²) in [5.74, 6) is -0.779. The van der Waals surface area contributed by atoms with Crippen LogP contribution < -0.4 is 21.7 Å². The van der Waals surface area contributed by atoms with Crippen molar-refractivity contribution in [3.8, 4) is 0 Å². The van der Waals surface area contributed by atoms with E-state index in [0.29, 0.717) is 35.1 Å². The van der Waals surface area contributed by atoms with Crippen LogP contribution in [0.2, 0.25) is 5.02 Å². The molecule has 1 aromatic heterocycles. The Bertz CT molecular complexity index is 1220. The van der Waals surface area contributed by atoms with Crippen molar-refractivity contribution in [3.05, 3.63) is 70.6 Å². The van der Waals surface area contributed by atoms with Gasteiger partial charge in [-0.1, -0.05) is 29.8 Å². The lowest BCUT2D eigenvalue weighted by Crippen LogP contribution is -2.32. The van der Waals surface area contributed by atoms with Crippen molar-refractivity contribution >= 4 is 46.7 Å². The summed E-state index contributed by atoms with van der Waals surface area (Å²) in [5.41, 5.74) is 6.91. The van der Waals surface area contributed by atoms with E-state index in [1.807, 2.05) is 0 Å². The van der Waals surface area contributed by atoms with E-state index in [0.717, 1.165) is 12.8 Å². The van der Waals surface area contributed by atoms with E-state index < -0.39 is 5.91 Å². The number of primary amides is 1. The molecule has 1 aliphatic rings. The highest BCUT2D eigenvalue weighted by Crippen LogP contribution is 2.28. The molecule has 0 unspecified atom stereocenters. The van der Waals surface area contributed by atoms with Crippen LogP contribution in [0.3, 0.4) is 0 Å². The number of nitrogens with two attached hydrogens (primary N) is 1. The molecule has 11 heteroatoms. The zero-order chi connectivity index (χ0) is 24.1. The van der Waals surface area contributed by atoms with Crippen molar-refractivity contribution in [2.24, 2.45) is 5.73 Å². The van der Waals surface area contributed by atoms with E-state index in [-0.39, 0.29) is 35.7 Å². The van der Waals surface area contributed by atoms with Crippen LogP contribution in [0.25, 0.3) is 0 Å². The maximum Gasteiger partial charge on any atom is 0.321 e. The van der Waals surface area contributed by atoms with Crippen molar-refractivity contribution in [2.75, 3.05) is 29.0 Å². The standard InChI is InChI=1S/C23H23ClFN7O2/c24-17-8-7-15(11-19(17)30-23(34)32-9-3-4-10-32)29-22-28-13-16(20(26)33)21(31-22)27-12-14-5-1-2-6-18(14)25/h1-2,5-8,11,13H,3-4,9-10,12H2,(H2,26,33)(H,30,34)(H2,27,28,29,31). The average Bonchev–Trinajstić information content (AvgIpc) is 3.36. The maximum absolute atomic E-state index is 14.0. The molecule has 1 saturated heterocycles. The maximum atomic E-state index is 14.0. The molecular weight excluding hydrogens is 461 g/mol. The molecule has 2 aromatic carbocycles. The number of nitrogens with one attached hydrogen (secondary N) is 3. The zero-order valence-corrected chi connectivity index (χ0v) is 18.9. The van der Waals surface area contributed by atoms with Gasteiger partial charge in [-0.25, -0.2) is 14.2 Å². The number of rotatable bonds is 7. The van der Waals surface area contributed by atoms with E-state index >= 15 is 0 Å². The van der Waals surface area contributed by atoms with Gasteiger partial charge in [-0.2, -0.15) is 4.98 Å². The van der Waals surface area contributed by atoms with Gasteiger partial charge in [0.2, 0.25) is 5.95 Å². The number of benzene rings is 2. The molecule has 1 fully saturated rings. The Morgan fingerprint density at radius 1 is 1.15 bits per heavy atom. The largest absolute Gasteiger partial charge is 0.365 e. The number of anilines is 4. The SMILES string of the molecule is NC(=O)c1cnc(Nc2ccc(Cl)c(NC(=O)N3CCCC3)c2)nc1NCc1ccccc1F. The van der Waals surface area contributed by atoms with Gasteiger partial charge in [0.1, 0.15) is 11.6 Å². The molecule has 3 amide bonds. The summed E-state index contributed by atoms with van der Waals surface area (Å²) < 4.78 is 14.0. The molecule has 1 aliphatic heterocycles. The van der Waals surface area contributed by atoms with Crippen LogP contribution in [0.1, 0.15) is 28.8 Å². The summed E-state index contributed by atoms with van der Waals surface area (Å²) in [5, 5.41) is 9.17.